The van der Waals surface area contributed by atoms with E-state index in [4.69, 9.17) is 0 Å². The molecule has 2 rings (SSSR count). The molecule has 2 heterocycles. The Morgan fingerprint density at radius 3 is 2.79 bits per heavy atom. The highest BCUT2D eigenvalue weighted by Crippen LogP contribution is 2.23. The van der Waals surface area contributed by atoms with Crippen LogP contribution >= 0.6 is 11.3 Å². The molecule has 0 bridgehead atoms. The fraction of sp³-hybridized carbons (Fsp3) is 0.722. The van der Waals surface area contributed by atoms with Crippen LogP contribution in [0.1, 0.15) is 45.1 Å². The second-order valence-corrected chi connectivity index (χ2v) is 7.44. The van der Waals surface area contributed by atoms with E-state index in [0.717, 1.165) is 31.0 Å². The van der Waals surface area contributed by atoms with Gasteiger partial charge in [0.25, 0.3) is 0 Å². The molecule has 136 valence electrons. The number of unbranched alkanes of at least 4 members (excludes halogenated alkanes) is 1. The number of hydrogen-bond donors (Lipinski definition) is 3. The van der Waals surface area contributed by atoms with E-state index in [1.54, 1.807) is 11.3 Å². The Morgan fingerprint density at radius 2 is 2.12 bits per heavy atom. The molecule has 0 aromatic carbocycles. The van der Waals surface area contributed by atoms with Gasteiger partial charge in [0.1, 0.15) is 5.60 Å². The summed E-state index contributed by atoms with van der Waals surface area (Å²) in [7, 11) is 0. The van der Waals surface area contributed by atoms with Gasteiger partial charge in [-0.3, -0.25) is 0 Å². The summed E-state index contributed by atoms with van der Waals surface area (Å²) in [4.78, 5) is 7.11. The van der Waals surface area contributed by atoms with Crippen LogP contribution in [0.2, 0.25) is 0 Å². The minimum absolute atomic E-state index is 0.354. The van der Waals surface area contributed by atoms with Crippen molar-refractivity contribution < 1.29 is 5.11 Å². The lowest BCUT2D eigenvalue weighted by atomic mass is 10.00. The Kier molecular flexibility index (Phi) is 8.02. The monoisotopic (exact) mass is 352 g/mol. The third-order valence-electron chi connectivity index (χ3n) is 4.42. The van der Waals surface area contributed by atoms with E-state index in [2.05, 4.69) is 27.4 Å². The van der Waals surface area contributed by atoms with E-state index >= 15 is 0 Å². The molecule has 1 aromatic rings. The topological polar surface area (TPSA) is 59.9 Å². The largest absolute Gasteiger partial charge is 0.383 e. The standard InChI is InChI=1S/C18H32N4OS/c1-3-19-17(20-9-4-5-10-22-11-6-7-12-22)21-15-18(2,23)16-8-13-24-14-16/h8,13-14,23H,3-7,9-12,15H2,1-2H3,(H2,19,20,21). The molecule has 24 heavy (non-hydrogen) atoms. The van der Waals surface area contributed by atoms with E-state index in [1.807, 2.05) is 23.8 Å². The van der Waals surface area contributed by atoms with Crippen molar-refractivity contribution in [3.05, 3.63) is 22.4 Å². The maximum Gasteiger partial charge on any atom is 0.191 e. The van der Waals surface area contributed by atoms with E-state index in [1.165, 1.54) is 38.9 Å². The number of aliphatic hydroxyl groups is 1. The second kappa shape index (κ2) is 10.0. The molecule has 1 saturated heterocycles. The molecule has 1 aliphatic heterocycles. The normalized spacial score (nSPS) is 18.5. The fourth-order valence-electron chi connectivity index (χ4n) is 2.91. The number of likely N-dealkylation sites (tertiary alicyclic amines) is 1. The zero-order valence-electron chi connectivity index (χ0n) is 15.1. The average Bonchev–Trinajstić information content (AvgIpc) is 3.25. The Labute approximate surface area is 150 Å². The molecule has 1 aliphatic rings. The van der Waals surface area contributed by atoms with Crippen LogP contribution in [0.3, 0.4) is 0 Å². The lowest BCUT2D eigenvalue weighted by Crippen LogP contribution is -2.39. The van der Waals surface area contributed by atoms with Crippen LogP contribution in [0.15, 0.2) is 21.8 Å². The lowest BCUT2D eigenvalue weighted by Gasteiger charge is -2.21. The predicted octanol–water partition coefficient (Wildman–Crippen LogP) is 2.39. The molecule has 0 spiro atoms. The average molecular weight is 353 g/mol. The van der Waals surface area contributed by atoms with Gasteiger partial charge >= 0.3 is 0 Å². The molecule has 1 unspecified atom stereocenters. The van der Waals surface area contributed by atoms with Gasteiger partial charge in [-0.25, -0.2) is 4.99 Å². The Balaban J connectivity index is 1.71. The molecule has 6 heteroatoms. The van der Waals surface area contributed by atoms with Crippen LogP contribution in [0, 0.1) is 0 Å². The minimum Gasteiger partial charge on any atom is -0.383 e. The van der Waals surface area contributed by atoms with E-state index < -0.39 is 5.60 Å². The van der Waals surface area contributed by atoms with E-state index in [-0.39, 0.29) is 0 Å². The first-order valence-electron chi connectivity index (χ1n) is 9.11. The molecule has 3 N–H and O–H groups in total. The van der Waals surface area contributed by atoms with Crippen molar-refractivity contribution in [3.8, 4) is 0 Å². The van der Waals surface area contributed by atoms with E-state index in [9.17, 15) is 5.11 Å². The zero-order valence-corrected chi connectivity index (χ0v) is 15.9. The van der Waals surface area contributed by atoms with Crippen LogP contribution in [-0.2, 0) is 5.60 Å². The van der Waals surface area contributed by atoms with Gasteiger partial charge in [0.2, 0.25) is 0 Å². The van der Waals surface area contributed by atoms with Crippen molar-refractivity contribution in [3.63, 3.8) is 0 Å². The molecule has 5 nitrogen and oxygen atoms in total. The van der Waals surface area contributed by atoms with Crippen LogP contribution in [0.25, 0.3) is 0 Å². The zero-order chi connectivity index (χ0) is 17.3. The Hall–Kier alpha value is -1.11. The van der Waals surface area contributed by atoms with Gasteiger partial charge in [0.15, 0.2) is 5.96 Å². The number of nitrogens with one attached hydrogen (secondary N) is 2. The number of nitrogens with zero attached hydrogens (tertiary/aromatic N) is 2. The highest BCUT2D eigenvalue weighted by atomic mass is 32.1. The van der Waals surface area contributed by atoms with Crippen molar-refractivity contribution >= 4 is 17.3 Å². The molecular formula is C18H32N4OS. The molecular weight excluding hydrogens is 320 g/mol. The number of thiophene rings is 1. The lowest BCUT2D eigenvalue weighted by molar-refractivity contribution is 0.0677. The van der Waals surface area contributed by atoms with Crippen molar-refractivity contribution in [1.82, 2.24) is 15.5 Å². The molecule has 0 radical (unpaired) electrons. The summed E-state index contributed by atoms with van der Waals surface area (Å²) >= 11 is 1.60. The van der Waals surface area contributed by atoms with Crippen molar-refractivity contribution in [2.75, 3.05) is 39.3 Å². The molecule has 0 amide bonds. The summed E-state index contributed by atoms with van der Waals surface area (Å²) in [6, 6.07) is 1.96. The number of aliphatic imine (C=N–C) groups is 1. The molecule has 0 aliphatic carbocycles. The van der Waals surface area contributed by atoms with Gasteiger partial charge in [0.05, 0.1) is 6.54 Å². The highest BCUT2D eigenvalue weighted by molar-refractivity contribution is 7.08. The summed E-state index contributed by atoms with van der Waals surface area (Å²) in [5.41, 5.74) is 0.00989. The third-order valence-corrected chi connectivity index (χ3v) is 5.11. The molecule has 1 atom stereocenters. The first-order valence-corrected chi connectivity index (χ1v) is 10.1. The quantitative estimate of drug-likeness (QED) is 0.363. The van der Waals surface area contributed by atoms with Crippen LogP contribution in [0.5, 0.6) is 0 Å². The van der Waals surface area contributed by atoms with Crippen molar-refractivity contribution in [2.45, 2.75) is 45.1 Å². The summed E-state index contributed by atoms with van der Waals surface area (Å²) in [5.74, 6) is 0.786. The van der Waals surface area contributed by atoms with Crippen LogP contribution in [0.4, 0.5) is 0 Å². The molecule has 0 saturated carbocycles. The number of rotatable bonds is 9. The molecule has 1 fully saturated rings. The van der Waals surface area contributed by atoms with Gasteiger partial charge in [0, 0.05) is 13.1 Å². The SMILES string of the molecule is CCNC(=NCC(C)(O)c1ccsc1)NCCCCN1CCCC1. The second-order valence-electron chi connectivity index (χ2n) is 6.66. The first kappa shape index (κ1) is 19.2. The van der Waals surface area contributed by atoms with Gasteiger partial charge < -0.3 is 20.6 Å². The van der Waals surface area contributed by atoms with Gasteiger partial charge in [-0.15, -0.1) is 0 Å². The number of hydrogen-bond acceptors (Lipinski definition) is 4. The van der Waals surface area contributed by atoms with Crippen molar-refractivity contribution in [2.24, 2.45) is 4.99 Å². The maximum absolute atomic E-state index is 10.6. The smallest absolute Gasteiger partial charge is 0.191 e. The fourth-order valence-corrected chi connectivity index (χ4v) is 3.69. The summed E-state index contributed by atoms with van der Waals surface area (Å²) in [6.45, 7) is 9.72. The summed E-state index contributed by atoms with van der Waals surface area (Å²) in [5, 5.41) is 21.2. The Morgan fingerprint density at radius 1 is 1.33 bits per heavy atom. The predicted molar refractivity (Wildman–Crippen MR) is 103 cm³/mol. The minimum atomic E-state index is -0.919. The van der Waals surface area contributed by atoms with Gasteiger partial charge in [-0.1, -0.05) is 0 Å². The van der Waals surface area contributed by atoms with Crippen LogP contribution in [-0.4, -0.2) is 55.2 Å². The van der Waals surface area contributed by atoms with Gasteiger partial charge in [-0.05, 0) is 81.6 Å². The summed E-state index contributed by atoms with van der Waals surface area (Å²) in [6.07, 6.45) is 5.08. The number of guanidine groups is 1. The maximum atomic E-state index is 10.6. The Bertz CT molecular complexity index is 481. The summed E-state index contributed by atoms with van der Waals surface area (Å²) < 4.78 is 0. The van der Waals surface area contributed by atoms with Gasteiger partial charge in [-0.2, -0.15) is 11.3 Å². The van der Waals surface area contributed by atoms with Crippen molar-refractivity contribution in [1.29, 1.82) is 0 Å². The highest BCUT2D eigenvalue weighted by Gasteiger charge is 2.23. The first-order chi connectivity index (χ1) is 11.6. The van der Waals surface area contributed by atoms with E-state index in [0.29, 0.717) is 6.54 Å². The molecule has 1 aromatic heterocycles. The third kappa shape index (κ3) is 6.42. The van der Waals surface area contributed by atoms with Crippen LogP contribution < -0.4 is 10.6 Å².